The van der Waals surface area contributed by atoms with Crippen molar-refractivity contribution >= 4 is 21.8 Å². The van der Waals surface area contributed by atoms with E-state index in [9.17, 15) is 0 Å². The topological polar surface area (TPSA) is 69.6 Å². The number of methoxy groups -OCH3 is 1. The predicted molar refractivity (Wildman–Crippen MR) is 124 cm³/mol. The van der Waals surface area contributed by atoms with Gasteiger partial charge >= 0.3 is 6.01 Å². The van der Waals surface area contributed by atoms with E-state index in [4.69, 9.17) is 14.2 Å². The second-order valence-electron chi connectivity index (χ2n) is 7.91. The Morgan fingerprint density at radius 2 is 1.75 bits per heavy atom. The smallest absolute Gasteiger partial charge is 0.320 e. The minimum absolute atomic E-state index is 0.247. The maximum Gasteiger partial charge on any atom is 0.320 e. The number of piperidine rings is 1. The molecule has 0 bridgehead atoms. The molecular weight excluding hydrogens is 404 g/mol. The van der Waals surface area contributed by atoms with Crippen molar-refractivity contribution in [3.05, 3.63) is 54.7 Å². The van der Waals surface area contributed by atoms with Crippen LogP contribution in [-0.2, 0) is 0 Å². The molecule has 2 aromatic carbocycles. The number of fused-ring (bicyclic) bond motifs is 2. The van der Waals surface area contributed by atoms with Gasteiger partial charge in [-0.15, -0.1) is 0 Å². The standard InChI is InChI=1S/C25H26N4O3/c1-30-25-27-23-16-19(31-15-14-29-12-3-2-4-13-29)9-10-21(23)24(28-25)32-20-8-7-18-6-5-11-26-22(18)17-20/h5-11,16-17H,2-4,12-15H2,1H3. The Bertz CT molecular complexity index is 1220. The van der Waals surface area contributed by atoms with E-state index in [1.807, 2.05) is 48.5 Å². The molecule has 1 fully saturated rings. The van der Waals surface area contributed by atoms with Crippen molar-refractivity contribution in [1.82, 2.24) is 19.9 Å². The molecule has 7 heteroatoms. The average molecular weight is 431 g/mol. The van der Waals surface area contributed by atoms with Crippen LogP contribution in [0.4, 0.5) is 0 Å². The molecule has 2 aromatic heterocycles. The number of benzene rings is 2. The van der Waals surface area contributed by atoms with Gasteiger partial charge in [0.15, 0.2) is 0 Å². The summed E-state index contributed by atoms with van der Waals surface area (Å²) in [5, 5.41) is 1.84. The molecule has 0 spiro atoms. The fraction of sp³-hybridized carbons (Fsp3) is 0.320. The van der Waals surface area contributed by atoms with Crippen LogP contribution in [-0.4, -0.2) is 53.2 Å². The summed E-state index contributed by atoms with van der Waals surface area (Å²) in [4.78, 5) is 15.8. The Labute approximate surface area is 187 Å². The number of aromatic nitrogens is 3. The molecular formula is C25H26N4O3. The van der Waals surface area contributed by atoms with E-state index in [1.54, 1.807) is 13.3 Å². The van der Waals surface area contributed by atoms with Gasteiger partial charge < -0.3 is 14.2 Å². The van der Waals surface area contributed by atoms with Crippen molar-refractivity contribution in [2.24, 2.45) is 0 Å². The summed E-state index contributed by atoms with van der Waals surface area (Å²) >= 11 is 0. The third-order valence-corrected chi connectivity index (χ3v) is 5.71. The quantitative estimate of drug-likeness (QED) is 0.415. The van der Waals surface area contributed by atoms with E-state index in [0.717, 1.165) is 41.7 Å². The highest BCUT2D eigenvalue weighted by Gasteiger charge is 2.13. The Hall–Kier alpha value is -3.45. The first-order valence-corrected chi connectivity index (χ1v) is 11.0. The van der Waals surface area contributed by atoms with Crippen LogP contribution >= 0.6 is 0 Å². The van der Waals surface area contributed by atoms with Crippen LogP contribution in [0.1, 0.15) is 19.3 Å². The van der Waals surface area contributed by atoms with Crippen molar-refractivity contribution in [3.63, 3.8) is 0 Å². The molecule has 4 aromatic rings. The lowest BCUT2D eigenvalue weighted by atomic mass is 10.1. The molecule has 3 heterocycles. The predicted octanol–water partition coefficient (Wildman–Crippen LogP) is 4.84. The normalized spacial score (nSPS) is 14.5. The molecule has 1 saturated heterocycles. The van der Waals surface area contributed by atoms with E-state index in [1.165, 1.54) is 19.3 Å². The Balaban J connectivity index is 1.37. The van der Waals surface area contributed by atoms with Crippen LogP contribution in [0.25, 0.3) is 21.8 Å². The number of pyridine rings is 1. The summed E-state index contributed by atoms with van der Waals surface area (Å²) in [5.41, 5.74) is 1.57. The summed E-state index contributed by atoms with van der Waals surface area (Å²) < 4.78 is 17.4. The van der Waals surface area contributed by atoms with E-state index in [2.05, 4.69) is 19.9 Å². The van der Waals surface area contributed by atoms with Gasteiger partial charge in [0.1, 0.15) is 18.1 Å². The summed E-state index contributed by atoms with van der Waals surface area (Å²) in [6, 6.07) is 15.7. The first-order valence-electron chi connectivity index (χ1n) is 11.0. The van der Waals surface area contributed by atoms with Crippen molar-refractivity contribution in [2.45, 2.75) is 19.3 Å². The van der Waals surface area contributed by atoms with Gasteiger partial charge in [0.2, 0.25) is 5.88 Å². The lowest BCUT2D eigenvalue weighted by molar-refractivity contribution is 0.183. The highest BCUT2D eigenvalue weighted by atomic mass is 16.5. The Morgan fingerprint density at radius 3 is 2.62 bits per heavy atom. The molecule has 7 nitrogen and oxygen atoms in total. The van der Waals surface area contributed by atoms with Crippen LogP contribution in [0.2, 0.25) is 0 Å². The number of nitrogens with zero attached hydrogens (tertiary/aromatic N) is 4. The number of likely N-dealkylation sites (tertiary alicyclic amines) is 1. The largest absolute Gasteiger partial charge is 0.492 e. The number of ether oxygens (including phenoxy) is 3. The molecule has 0 radical (unpaired) electrons. The SMILES string of the molecule is COc1nc(Oc2ccc3cccnc3c2)c2ccc(OCCN3CCCCC3)cc2n1. The second kappa shape index (κ2) is 9.36. The lowest BCUT2D eigenvalue weighted by Gasteiger charge is -2.26. The number of rotatable bonds is 7. The van der Waals surface area contributed by atoms with Crippen molar-refractivity contribution in [3.8, 4) is 23.4 Å². The van der Waals surface area contributed by atoms with Crippen LogP contribution in [0.5, 0.6) is 23.4 Å². The molecule has 1 aliphatic rings. The van der Waals surface area contributed by atoms with Gasteiger partial charge in [-0.3, -0.25) is 9.88 Å². The zero-order valence-electron chi connectivity index (χ0n) is 18.2. The van der Waals surface area contributed by atoms with Crippen LogP contribution in [0.3, 0.4) is 0 Å². The summed E-state index contributed by atoms with van der Waals surface area (Å²) in [6.07, 6.45) is 5.66. The minimum atomic E-state index is 0.247. The summed E-state index contributed by atoms with van der Waals surface area (Å²) in [6.45, 7) is 3.92. The van der Waals surface area contributed by atoms with Gasteiger partial charge in [0.05, 0.1) is 23.5 Å². The van der Waals surface area contributed by atoms with E-state index < -0.39 is 0 Å². The highest BCUT2D eigenvalue weighted by molar-refractivity contribution is 5.85. The van der Waals surface area contributed by atoms with Crippen molar-refractivity contribution < 1.29 is 14.2 Å². The van der Waals surface area contributed by atoms with Crippen molar-refractivity contribution in [1.29, 1.82) is 0 Å². The van der Waals surface area contributed by atoms with Gasteiger partial charge in [-0.1, -0.05) is 12.5 Å². The molecule has 0 amide bonds. The molecule has 0 N–H and O–H groups in total. The van der Waals surface area contributed by atoms with Crippen molar-refractivity contribution in [2.75, 3.05) is 33.4 Å². The third kappa shape index (κ3) is 4.57. The average Bonchev–Trinajstić information content (AvgIpc) is 2.84. The molecule has 164 valence electrons. The first-order chi connectivity index (χ1) is 15.8. The van der Waals surface area contributed by atoms with E-state index in [-0.39, 0.29) is 6.01 Å². The molecule has 5 rings (SSSR count). The molecule has 0 aliphatic carbocycles. The first kappa shape index (κ1) is 20.5. The summed E-state index contributed by atoms with van der Waals surface area (Å²) in [7, 11) is 1.55. The number of hydrogen-bond acceptors (Lipinski definition) is 7. The molecule has 0 saturated carbocycles. The van der Waals surface area contributed by atoms with Crippen LogP contribution < -0.4 is 14.2 Å². The Morgan fingerprint density at radius 1 is 0.906 bits per heavy atom. The lowest BCUT2D eigenvalue weighted by Crippen LogP contribution is -2.33. The monoisotopic (exact) mass is 430 g/mol. The molecule has 32 heavy (non-hydrogen) atoms. The fourth-order valence-corrected chi connectivity index (χ4v) is 4.02. The minimum Gasteiger partial charge on any atom is -0.492 e. The highest BCUT2D eigenvalue weighted by Crippen LogP contribution is 2.32. The van der Waals surface area contributed by atoms with Gasteiger partial charge in [-0.05, 0) is 56.3 Å². The maximum absolute atomic E-state index is 6.12. The van der Waals surface area contributed by atoms with Gasteiger partial charge in [-0.25, -0.2) is 0 Å². The molecule has 0 atom stereocenters. The van der Waals surface area contributed by atoms with Gasteiger partial charge in [-0.2, -0.15) is 9.97 Å². The summed E-state index contributed by atoms with van der Waals surface area (Å²) in [5.74, 6) is 1.86. The molecule has 0 unspecified atom stereocenters. The zero-order chi connectivity index (χ0) is 21.8. The zero-order valence-corrected chi connectivity index (χ0v) is 18.2. The van der Waals surface area contributed by atoms with E-state index >= 15 is 0 Å². The molecule has 1 aliphatic heterocycles. The number of hydrogen-bond donors (Lipinski definition) is 0. The Kier molecular flexibility index (Phi) is 5.98. The van der Waals surface area contributed by atoms with Gasteiger partial charge in [0.25, 0.3) is 0 Å². The third-order valence-electron chi connectivity index (χ3n) is 5.71. The second-order valence-corrected chi connectivity index (χ2v) is 7.91. The van der Waals surface area contributed by atoms with Crippen LogP contribution in [0, 0.1) is 0 Å². The fourth-order valence-electron chi connectivity index (χ4n) is 4.02. The van der Waals surface area contributed by atoms with Crippen LogP contribution in [0.15, 0.2) is 54.7 Å². The van der Waals surface area contributed by atoms with Gasteiger partial charge in [0, 0.05) is 30.3 Å². The maximum atomic E-state index is 6.12. The van der Waals surface area contributed by atoms with E-state index in [0.29, 0.717) is 23.8 Å².